The predicted octanol–water partition coefficient (Wildman–Crippen LogP) is 14.6. The van der Waals surface area contributed by atoms with E-state index in [-0.39, 0.29) is 0 Å². The van der Waals surface area contributed by atoms with Crippen molar-refractivity contribution in [2.75, 3.05) is 0 Å². The van der Waals surface area contributed by atoms with E-state index in [9.17, 15) is 0 Å². The fourth-order valence-electron chi connectivity index (χ4n) is 8.14. The summed E-state index contributed by atoms with van der Waals surface area (Å²) in [6.45, 7) is 0. The largest absolute Gasteiger partial charge is 0.0622 e. The van der Waals surface area contributed by atoms with Crippen LogP contribution >= 0.6 is 0 Å². The van der Waals surface area contributed by atoms with E-state index in [1.807, 2.05) is 0 Å². The van der Waals surface area contributed by atoms with E-state index in [0.717, 1.165) is 0 Å². The third-order valence-electron chi connectivity index (χ3n) is 10.6. The molecule has 0 saturated heterocycles. The van der Waals surface area contributed by atoms with E-state index in [0.29, 0.717) is 0 Å². The van der Waals surface area contributed by atoms with Crippen molar-refractivity contribution in [3.05, 3.63) is 206 Å². The lowest BCUT2D eigenvalue weighted by atomic mass is 9.84. The standard InChI is InChI=1S/C52H34/c1-2-15-37(16-3-1)51-46-21-8-10-23-48(46)52(49-24-11-9-22-47(49)51)44-29-30-45(43-28-26-36-14-5-7-18-39(36)32-43)50(34-44)42-20-12-19-40(33-42)41-27-25-35-13-4-6-17-38(35)31-41/h1-34H. The fraction of sp³-hybridized carbons (Fsp3) is 0. The minimum absolute atomic E-state index is 1.20. The Balaban J connectivity index is 1.23. The van der Waals surface area contributed by atoms with Crippen molar-refractivity contribution in [2.45, 2.75) is 0 Å². The minimum Gasteiger partial charge on any atom is -0.0622 e. The first kappa shape index (κ1) is 30.1. The number of benzene rings is 10. The maximum atomic E-state index is 2.43. The third kappa shape index (κ3) is 5.16. The summed E-state index contributed by atoms with van der Waals surface area (Å²) in [7, 11) is 0. The molecule has 0 unspecified atom stereocenters. The molecule has 0 nitrogen and oxygen atoms in total. The van der Waals surface area contributed by atoms with Crippen LogP contribution in [0.4, 0.5) is 0 Å². The Hall–Kier alpha value is -6.76. The smallest absolute Gasteiger partial charge is 0.00261 e. The van der Waals surface area contributed by atoms with Crippen LogP contribution in [0.3, 0.4) is 0 Å². The van der Waals surface area contributed by atoms with E-state index >= 15 is 0 Å². The van der Waals surface area contributed by atoms with Gasteiger partial charge in [0.2, 0.25) is 0 Å². The Bertz CT molecular complexity index is 2890. The van der Waals surface area contributed by atoms with Crippen molar-refractivity contribution < 1.29 is 0 Å². The lowest BCUT2D eigenvalue weighted by Crippen LogP contribution is -1.93. The van der Waals surface area contributed by atoms with Crippen LogP contribution in [0.15, 0.2) is 206 Å². The SMILES string of the molecule is c1ccc(-c2c3ccccc3c(-c3ccc(-c4ccc5ccccc5c4)c(-c4cccc(-c5ccc6ccccc6c5)c4)c3)c3ccccc23)cc1. The summed E-state index contributed by atoms with van der Waals surface area (Å²) in [5.74, 6) is 0. The Kier molecular flexibility index (Phi) is 7.25. The van der Waals surface area contributed by atoms with Crippen molar-refractivity contribution in [3.8, 4) is 55.6 Å². The molecule has 0 saturated carbocycles. The summed E-state index contributed by atoms with van der Waals surface area (Å²) < 4.78 is 0. The minimum atomic E-state index is 1.20. The van der Waals surface area contributed by atoms with Crippen molar-refractivity contribution in [2.24, 2.45) is 0 Å². The van der Waals surface area contributed by atoms with E-state index in [1.54, 1.807) is 0 Å². The molecule has 0 aliphatic heterocycles. The van der Waals surface area contributed by atoms with Crippen LogP contribution in [-0.4, -0.2) is 0 Å². The van der Waals surface area contributed by atoms with Gasteiger partial charge in [-0.1, -0.05) is 182 Å². The first-order valence-corrected chi connectivity index (χ1v) is 18.0. The van der Waals surface area contributed by atoms with Gasteiger partial charge in [-0.2, -0.15) is 0 Å². The second-order valence-corrected chi connectivity index (χ2v) is 13.7. The van der Waals surface area contributed by atoms with Crippen LogP contribution in [0.2, 0.25) is 0 Å². The Morgan fingerprint density at radius 3 is 1.25 bits per heavy atom. The first-order chi connectivity index (χ1) is 25.8. The molecule has 0 aliphatic rings. The second-order valence-electron chi connectivity index (χ2n) is 13.7. The highest BCUT2D eigenvalue weighted by atomic mass is 14.2. The molecule has 0 aromatic heterocycles. The molecule has 10 aromatic rings. The van der Waals surface area contributed by atoms with Gasteiger partial charge >= 0.3 is 0 Å². The second kappa shape index (κ2) is 12.5. The van der Waals surface area contributed by atoms with E-state index < -0.39 is 0 Å². The van der Waals surface area contributed by atoms with Gasteiger partial charge in [-0.05, 0) is 123 Å². The molecule has 242 valence electrons. The fourth-order valence-corrected chi connectivity index (χ4v) is 8.14. The highest BCUT2D eigenvalue weighted by Gasteiger charge is 2.18. The summed E-state index contributed by atoms with van der Waals surface area (Å²) in [5.41, 5.74) is 12.3. The molecule has 0 fully saturated rings. The summed E-state index contributed by atoms with van der Waals surface area (Å²) in [5, 5.41) is 10.0. The normalized spacial score (nSPS) is 11.5. The van der Waals surface area contributed by atoms with Crippen LogP contribution in [0.25, 0.3) is 98.7 Å². The molecule has 0 spiro atoms. The molecule has 0 heteroatoms. The van der Waals surface area contributed by atoms with Crippen molar-refractivity contribution in [1.29, 1.82) is 0 Å². The zero-order valence-corrected chi connectivity index (χ0v) is 28.6. The lowest BCUT2D eigenvalue weighted by Gasteiger charge is -2.19. The van der Waals surface area contributed by atoms with Gasteiger partial charge in [0.1, 0.15) is 0 Å². The maximum absolute atomic E-state index is 2.43. The average molecular weight is 659 g/mol. The molecule has 0 bridgehead atoms. The molecule has 0 aliphatic carbocycles. The lowest BCUT2D eigenvalue weighted by molar-refractivity contribution is 1.58. The summed E-state index contributed by atoms with van der Waals surface area (Å²) >= 11 is 0. The van der Waals surface area contributed by atoms with Gasteiger partial charge in [0.05, 0.1) is 0 Å². The zero-order chi connectivity index (χ0) is 34.4. The molecule has 52 heavy (non-hydrogen) atoms. The molecule has 0 radical (unpaired) electrons. The molecule has 0 amide bonds. The molecule has 0 heterocycles. The van der Waals surface area contributed by atoms with Crippen LogP contribution in [-0.2, 0) is 0 Å². The number of hydrogen-bond acceptors (Lipinski definition) is 0. The van der Waals surface area contributed by atoms with Gasteiger partial charge in [-0.3, -0.25) is 0 Å². The van der Waals surface area contributed by atoms with Crippen LogP contribution in [0, 0.1) is 0 Å². The maximum Gasteiger partial charge on any atom is -0.00261 e. The first-order valence-electron chi connectivity index (χ1n) is 18.0. The van der Waals surface area contributed by atoms with Crippen molar-refractivity contribution in [3.63, 3.8) is 0 Å². The summed E-state index contributed by atoms with van der Waals surface area (Å²) in [4.78, 5) is 0. The summed E-state index contributed by atoms with van der Waals surface area (Å²) in [6.07, 6.45) is 0. The molecule has 0 atom stereocenters. The Morgan fingerprint density at radius 1 is 0.192 bits per heavy atom. The highest BCUT2D eigenvalue weighted by molar-refractivity contribution is 6.21. The molecular formula is C52H34. The van der Waals surface area contributed by atoms with E-state index in [4.69, 9.17) is 0 Å². The van der Waals surface area contributed by atoms with Gasteiger partial charge in [0, 0.05) is 0 Å². The van der Waals surface area contributed by atoms with Crippen LogP contribution in [0.5, 0.6) is 0 Å². The van der Waals surface area contributed by atoms with Gasteiger partial charge in [-0.15, -0.1) is 0 Å². The number of rotatable bonds is 5. The Morgan fingerprint density at radius 2 is 0.615 bits per heavy atom. The molecule has 10 aromatic carbocycles. The van der Waals surface area contributed by atoms with Crippen molar-refractivity contribution in [1.82, 2.24) is 0 Å². The number of hydrogen-bond donors (Lipinski definition) is 0. The number of fused-ring (bicyclic) bond motifs is 4. The van der Waals surface area contributed by atoms with Crippen LogP contribution < -0.4 is 0 Å². The van der Waals surface area contributed by atoms with Gasteiger partial charge < -0.3 is 0 Å². The van der Waals surface area contributed by atoms with Gasteiger partial charge in [-0.25, -0.2) is 0 Å². The zero-order valence-electron chi connectivity index (χ0n) is 28.6. The van der Waals surface area contributed by atoms with Crippen molar-refractivity contribution >= 4 is 43.1 Å². The van der Waals surface area contributed by atoms with E-state index in [1.165, 1.54) is 98.7 Å². The van der Waals surface area contributed by atoms with Gasteiger partial charge in [0.15, 0.2) is 0 Å². The quantitative estimate of drug-likeness (QED) is 0.161. The molecule has 10 rings (SSSR count). The van der Waals surface area contributed by atoms with E-state index in [2.05, 4.69) is 206 Å². The molecule has 0 N–H and O–H groups in total. The molecular weight excluding hydrogens is 625 g/mol. The average Bonchev–Trinajstić information content (AvgIpc) is 3.22. The monoisotopic (exact) mass is 658 g/mol. The Labute approximate surface area is 303 Å². The third-order valence-corrected chi connectivity index (χ3v) is 10.6. The summed E-state index contributed by atoms with van der Waals surface area (Å²) in [6, 6.07) is 75.7. The topological polar surface area (TPSA) is 0 Å². The van der Waals surface area contributed by atoms with Gasteiger partial charge in [0.25, 0.3) is 0 Å². The van der Waals surface area contributed by atoms with Crippen LogP contribution in [0.1, 0.15) is 0 Å². The predicted molar refractivity (Wildman–Crippen MR) is 224 cm³/mol. The highest BCUT2D eigenvalue weighted by Crippen LogP contribution is 2.46.